The number of ether oxygens (including phenoxy) is 1. The quantitative estimate of drug-likeness (QED) is 0.452. The molecule has 4 rings (SSSR count). The summed E-state index contributed by atoms with van der Waals surface area (Å²) >= 11 is 1.27. The zero-order valence-corrected chi connectivity index (χ0v) is 18.3. The van der Waals surface area contributed by atoms with Crippen LogP contribution in [0, 0.1) is 6.92 Å². The zero-order valence-electron chi connectivity index (χ0n) is 17.5. The summed E-state index contributed by atoms with van der Waals surface area (Å²) in [5, 5.41) is 5.16. The van der Waals surface area contributed by atoms with E-state index >= 15 is 0 Å². The normalized spacial score (nSPS) is 10.8. The summed E-state index contributed by atoms with van der Waals surface area (Å²) in [6.07, 6.45) is 1.42. The second-order valence-electron chi connectivity index (χ2n) is 7.01. The Balaban J connectivity index is 1.45. The first-order chi connectivity index (χ1) is 15.5. The maximum atomic E-state index is 12.8. The van der Waals surface area contributed by atoms with Crippen molar-refractivity contribution in [2.24, 2.45) is 0 Å². The van der Waals surface area contributed by atoms with Gasteiger partial charge in [-0.05, 0) is 26.0 Å². The monoisotopic (exact) mass is 448 g/mol. The lowest BCUT2D eigenvalue weighted by molar-refractivity contribution is -0.119. The molecule has 0 aliphatic rings. The Labute approximate surface area is 187 Å². The molecule has 0 fully saturated rings. The van der Waals surface area contributed by atoms with E-state index in [0.29, 0.717) is 22.7 Å². The molecule has 0 saturated carbocycles. The molecule has 0 aliphatic heterocycles. The predicted molar refractivity (Wildman–Crippen MR) is 123 cm³/mol. The van der Waals surface area contributed by atoms with Crippen LogP contribution in [0.2, 0.25) is 0 Å². The molecular weight excluding hydrogens is 428 g/mol. The molecule has 162 valence electrons. The van der Waals surface area contributed by atoms with Gasteiger partial charge in [-0.3, -0.25) is 14.9 Å². The summed E-state index contributed by atoms with van der Waals surface area (Å²) in [7, 11) is 0. The molecule has 0 bridgehead atoms. The number of esters is 1. The lowest BCUT2D eigenvalue weighted by Gasteiger charge is -2.11. The van der Waals surface area contributed by atoms with Crippen LogP contribution in [-0.2, 0) is 16.1 Å². The lowest BCUT2D eigenvalue weighted by atomic mass is 10.2. The third kappa shape index (κ3) is 4.42. The van der Waals surface area contributed by atoms with Crippen molar-refractivity contribution in [3.63, 3.8) is 0 Å². The summed E-state index contributed by atoms with van der Waals surface area (Å²) in [5.41, 5.74) is 2.33. The number of thiazole rings is 1. The summed E-state index contributed by atoms with van der Waals surface area (Å²) in [6.45, 7) is 3.70. The van der Waals surface area contributed by atoms with Gasteiger partial charge >= 0.3 is 5.97 Å². The molecule has 8 nitrogen and oxygen atoms in total. The Morgan fingerprint density at radius 2 is 1.91 bits per heavy atom. The third-order valence-corrected chi connectivity index (χ3v) is 5.53. The lowest BCUT2D eigenvalue weighted by Crippen LogP contribution is -2.25. The predicted octanol–water partition coefficient (Wildman–Crippen LogP) is 3.64. The first-order valence-corrected chi connectivity index (χ1v) is 10.8. The van der Waals surface area contributed by atoms with Gasteiger partial charge in [0.25, 0.3) is 5.91 Å². The van der Waals surface area contributed by atoms with E-state index in [9.17, 15) is 14.4 Å². The van der Waals surface area contributed by atoms with E-state index in [2.05, 4.69) is 15.3 Å². The zero-order chi connectivity index (χ0) is 22.7. The fraction of sp³-hybridized carbons (Fsp3) is 0.174. The van der Waals surface area contributed by atoms with Gasteiger partial charge in [0.1, 0.15) is 11.2 Å². The van der Waals surface area contributed by atoms with Crippen LogP contribution in [0.5, 0.6) is 0 Å². The highest BCUT2D eigenvalue weighted by Gasteiger charge is 2.19. The van der Waals surface area contributed by atoms with Gasteiger partial charge in [-0.1, -0.05) is 30.3 Å². The van der Waals surface area contributed by atoms with Crippen LogP contribution in [0.3, 0.4) is 0 Å². The number of aromatic nitrogens is 3. The molecular formula is C23H20N4O4S. The molecule has 0 radical (unpaired) electrons. The number of anilines is 1. The average molecular weight is 449 g/mol. The van der Waals surface area contributed by atoms with Crippen molar-refractivity contribution in [3.05, 3.63) is 75.5 Å². The molecule has 3 aromatic heterocycles. The number of carbonyl (C=O) groups is 2. The van der Waals surface area contributed by atoms with Crippen molar-refractivity contribution < 1.29 is 14.3 Å². The molecule has 0 spiro atoms. The number of fused-ring (bicyclic) bond motifs is 1. The standard InChI is InChI=1S/C23H20N4O4S/c1-3-27-11-17(20(29)16-10-9-14(2)24-21(16)27)22(30)31-12-19(28)26-23-25-18(13-32-23)15-7-5-4-6-8-15/h4-11,13H,3,12H2,1-2H3,(H,25,26,28). The number of nitrogens with one attached hydrogen (secondary N) is 1. The van der Waals surface area contributed by atoms with E-state index in [1.54, 1.807) is 16.7 Å². The fourth-order valence-electron chi connectivity index (χ4n) is 3.18. The highest BCUT2D eigenvalue weighted by atomic mass is 32.1. The molecule has 9 heteroatoms. The van der Waals surface area contributed by atoms with Crippen molar-refractivity contribution in [2.75, 3.05) is 11.9 Å². The molecule has 1 amide bonds. The van der Waals surface area contributed by atoms with Crippen LogP contribution >= 0.6 is 11.3 Å². The number of hydrogen-bond donors (Lipinski definition) is 1. The minimum atomic E-state index is -0.862. The summed E-state index contributed by atoms with van der Waals surface area (Å²) < 4.78 is 6.81. The van der Waals surface area contributed by atoms with Gasteiger partial charge in [-0.25, -0.2) is 14.8 Å². The highest BCUT2D eigenvalue weighted by Crippen LogP contribution is 2.24. The Morgan fingerprint density at radius 3 is 2.66 bits per heavy atom. The summed E-state index contributed by atoms with van der Waals surface area (Å²) in [6, 6.07) is 12.9. The molecule has 0 saturated heterocycles. The van der Waals surface area contributed by atoms with Gasteiger partial charge in [0.2, 0.25) is 5.43 Å². The number of rotatable bonds is 6. The number of hydrogen-bond acceptors (Lipinski definition) is 7. The Bertz CT molecular complexity index is 1360. The maximum Gasteiger partial charge on any atom is 0.344 e. The van der Waals surface area contributed by atoms with Gasteiger partial charge in [0.05, 0.1) is 11.1 Å². The van der Waals surface area contributed by atoms with Gasteiger partial charge < -0.3 is 9.30 Å². The van der Waals surface area contributed by atoms with Gasteiger partial charge in [-0.15, -0.1) is 11.3 Å². The molecule has 1 aromatic carbocycles. The number of aryl methyl sites for hydroxylation is 2. The molecule has 4 aromatic rings. The first-order valence-electron chi connectivity index (χ1n) is 9.95. The molecule has 0 unspecified atom stereocenters. The Kier molecular flexibility index (Phi) is 6.09. The highest BCUT2D eigenvalue weighted by molar-refractivity contribution is 7.14. The van der Waals surface area contributed by atoms with E-state index in [1.807, 2.05) is 49.6 Å². The van der Waals surface area contributed by atoms with Gasteiger partial charge in [0.15, 0.2) is 11.7 Å². The third-order valence-electron chi connectivity index (χ3n) is 4.78. The van der Waals surface area contributed by atoms with Crippen molar-refractivity contribution in [2.45, 2.75) is 20.4 Å². The number of amides is 1. The van der Waals surface area contributed by atoms with E-state index < -0.39 is 23.9 Å². The molecule has 0 aliphatic carbocycles. The first kappa shape index (κ1) is 21.4. The molecule has 0 atom stereocenters. The minimum Gasteiger partial charge on any atom is -0.452 e. The van der Waals surface area contributed by atoms with Crippen LogP contribution in [0.4, 0.5) is 5.13 Å². The number of benzene rings is 1. The average Bonchev–Trinajstić information content (AvgIpc) is 3.26. The SMILES string of the molecule is CCn1cc(C(=O)OCC(=O)Nc2nc(-c3ccccc3)cs2)c(=O)c2ccc(C)nc21. The second-order valence-corrected chi connectivity index (χ2v) is 7.87. The summed E-state index contributed by atoms with van der Waals surface area (Å²) in [5.74, 6) is -1.40. The fourth-order valence-corrected chi connectivity index (χ4v) is 3.92. The topological polar surface area (TPSA) is 103 Å². The second kappa shape index (κ2) is 9.11. The molecule has 1 N–H and O–H groups in total. The summed E-state index contributed by atoms with van der Waals surface area (Å²) in [4.78, 5) is 46.3. The van der Waals surface area contributed by atoms with Crippen molar-refractivity contribution in [1.82, 2.24) is 14.5 Å². The minimum absolute atomic E-state index is 0.140. The number of nitrogens with zero attached hydrogens (tertiary/aromatic N) is 3. The molecule has 3 heterocycles. The van der Waals surface area contributed by atoms with Gasteiger partial charge in [0, 0.05) is 29.4 Å². The van der Waals surface area contributed by atoms with Gasteiger partial charge in [-0.2, -0.15) is 0 Å². The van der Waals surface area contributed by atoms with Crippen LogP contribution < -0.4 is 10.7 Å². The smallest absolute Gasteiger partial charge is 0.344 e. The largest absolute Gasteiger partial charge is 0.452 e. The van der Waals surface area contributed by atoms with E-state index in [4.69, 9.17) is 4.74 Å². The van der Waals surface area contributed by atoms with Crippen LogP contribution in [0.15, 0.2) is 58.8 Å². The van der Waals surface area contributed by atoms with Crippen molar-refractivity contribution in [1.29, 1.82) is 0 Å². The van der Waals surface area contributed by atoms with Crippen molar-refractivity contribution in [3.8, 4) is 11.3 Å². The van der Waals surface area contributed by atoms with Crippen LogP contribution in [0.1, 0.15) is 23.0 Å². The van der Waals surface area contributed by atoms with Crippen molar-refractivity contribution >= 4 is 39.4 Å². The number of pyridine rings is 2. The Hall–Kier alpha value is -3.85. The number of carbonyl (C=O) groups excluding carboxylic acids is 2. The van der Waals surface area contributed by atoms with E-state index in [1.165, 1.54) is 17.5 Å². The molecule has 32 heavy (non-hydrogen) atoms. The van der Waals surface area contributed by atoms with E-state index in [0.717, 1.165) is 17.0 Å². The maximum absolute atomic E-state index is 12.8. The van der Waals surface area contributed by atoms with Crippen LogP contribution in [0.25, 0.3) is 22.3 Å². The van der Waals surface area contributed by atoms with E-state index in [-0.39, 0.29) is 5.56 Å². The Morgan fingerprint density at radius 1 is 1.12 bits per heavy atom. The van der Waals surface area contributed by atoms with Crippen LogP contribution in [-0.4, -0.2) is 33.0 Å².